The Bertz CT molecular complexity index is 89.2. The molecule has 0 aromatic rings. The van der Waals surface area contributed by atoms with Crippen LogP contribution in [0.2, 0.25) is 0 Å². The molecule has 0 nitrogen and oxygen atoms in total. The molecule has 1 fully saturated rings. The first-order chi connectivity index (χ1) is 4.25. The number of hydrogen-bond donors (Lipinski definition) is 0. The van der Waals surface area contributed by atoms with Crippen LogP contribution in [0.5, 0.6) is 0 Å². The minimum atomic E-state index is 0.751. The number of rotatable bonds is 2. The highest BCUT2D eigenvalue weighted by Crippen LogP contribution is 2.50. The summed E-state index contributed by atoms with van der Waals surface area (Å²) in [5.74, 6) is 0.999. The molecule has 0 spiro atoms. The molecule has 2 atom stereocenters. The predicted octanol–water partition coefficient (Wildman–Crippen LogP) is 3.25. The molecule has 1 aliphatic carbocycles. The predicted molar refractivity (Wildman–Crippen MR) is 50.0 cm³/mol. The molecule has 0 saturated heterocycles. The molecule has 1 saturated carbocycles. The van der Waals surface area contributed by atoms with Gasteiger partial charge in [-0.25, -0.2) is 0 Å². The standard InChI is InChI=1S/C8H15I/c1-3-8(6-9)5-4-7(8)2/h7H,3-6H2,1-2H3. The van der Waals surface area contributed by atoms with Crippen LogP contribution in [0.1, 0.15) is 33.1 Å². The Kier molecular flexibility index (Phi) is 2.41. The lowest BCUT2D eigenvalue weighted by Gasteiger charge is -2.46. The first-order valence-corrected chi connectivity index (χ1v) is 5.33. The Morgan fingerprint density at radius 1 is 1.67 bits per heavy atom. The summed E-state index contributed by atoms with van der Waals surface area (Å²) in [6.45, 7) is 4.72. The monoisotopic (exact) mass is 238 g/mol. The molecule has 1 rings (SSSR count). The van der Waals surface area contributed by atoms with Crippen LogP contribution in [0, 0.1) is 11.3 Å². The van der Waals surface area contributed by atoms with Crippen molar-refractivity contribution in [2.24, 2.45) is 11.3 Å². The summed E-state index contributed by atoms with van der Waals surface area (Å²) in [4.78, 5) is 0. The van der Waals surface area contributed by atoms with Crippen molar-refractivity contribution >= 4 is 22.6 Å². The van der Waals surface area contributed by atoms with Gasteiger partial charge in [0.15, 0.2) is 0 Å². The van der Waals surface area contributed by atoms with Crippen molar-refractivity contribution in [1.82, 2.24) is 0 Å². The third kappa shape index (κ3) is 1.13. The zero-order valence-corrected chi connectivity index (χ0v) is 8.44. The van der Waals surface area contributed by atoms with Crippen LogP contribution >= 0.6 is 22.6 Å². The summed E-state index contributed by atoms with van der Waals surface area (Å²) in [6.07, 6.45) is 4.33. The van der Waals surface area contributed by atoms with Crippen LogP contribution in [-0.2, 0) is 0 Å². The molecular weight excluding hydrogens is 223 g/mol. The Morgan fingerprint density at radius 2 is 2.33 bits per heavy atom. The first-order valence-electron chi connectivity index (χ1n) is 3.81. The Hall–Kier alpha value is 0.730. The van der Waals surface area contributed by atoms with Gasteiger partial charge in [-0.3, -0.25) is 0 Å². The van der Waals surface area contributed by atoms with Crippen molar-refractivity contribution in [3.05, 3.63) is 0 Å². The van der Waals surface area contributed by atoms with Crippen molar-refractivity contribution < 1.29 is 0 Å². The summed E-state index contributed by atoms with van der Waals surface area (Å²) < 4.78 is 1.36. The summed E-state index contributed by atoms with van der Waals surface area (Å²) in [6, 6.07) is 0. The molecule has 54 valence electrons. The molecule has 1 heteroatoms. The van der Waals surface area contributed by atoms with Crippen LogP contribution in [0.4, 0.5) is 0 Å². The lowest BCUT2D eigenvalue weighted by molar-refractivity contribution is 0.0706. The van der Waals surface area contributed by atoms with E-state index in [0.717, 1.165) is 11.3 Å². The second kappa shape index (κ2) is 2.77. The number of hydrogen-bond acceptors (Lipinski definition) is 0. The van der Waals surface area contributed by atoms with Gasteiger partial charge in [0.05, 0.1) is 0 Å². The van der Waals surface area contributed by atoms with Gasteiger partial charge in [-0.05, 0) is 30.6 Å². The van der Waals surface area contributed by atoms with E-state index in [0.29, 0.717) is 0 Å². The average molecular weight is 238 g/mol. The van der Waals surface area contributed by atoms with E-state index in [9.17, 15) is 0 Å². The molecular formula is C8H15I. The molecule has 0 N–H and O–H groups in total. The van der Waals surface area contributed by atoms with Crippen molar-refractivity contribution in [2.75, 3.05) is 4.43 Å². The molecule has 1 aliphatic rings. The summed E-state index contributed by atoms with van der Waals surface area (Å²) in [5, 5.41) is 0. The normalized spacial score (nSPS) is 42.3. The van der Waals surface area contributed by atoms with E-state index in [1.165, 1.54) is 23.7 Å². The van der Waals surface area contributed by atoms with Crippen molar-refractivity contribution in [1.29, 1.82) is 0 Å². The molecule has 0 aliphatic heterocycles. The second-order valence-electron chi connectivity index (χ2n) is 3.29. The van der Waals surface area contributed by atoms with E-state index in [-0.39, 0.29) is 0 Å². The SMILES string of the molecule is CCC1(CI)CCC1C. The largest absolute Gasteiger partial charge is 0.0858 e. The van der Waals surface area contributed by atoms with Gasteiger partial charge in [0.2, 0.25) is 0 Å². The van der Waals surface area contributed by atoms with Crippen molar-refractivity contribution in [3.63, 3.8) is 0 Å². The van der Waals surface area contributed by atoms with Gasteiger partial charge in [-0.2, -0.15) is 0 Å². The highest BCUT2D eigenvalue weighted by molar-refractivity contribution is 14.1. The average Bonchev–Trinajstić information content (AvgIpc) is 1.89. The Morgan fingerprint density at radius 3 is 2.33 bits per heavy atom. The zero-order chi connectivity index (χ0) is 6.91. The second-order valence-corrected chi connectivity index (χ2v) is 4.05. The van der Waals surface area contributed by atoms with Crippen LogP contribution in [0.15, 0.2) is 0 Å². The summed E-state index contributed by atoms with van der Waals surface area (Å²) in [7, 11) is 0. The van der Waals surface area contributed by atoms with Crippen LogP contribution < -0.4 is 0 Å². The maximum Gasteiger partial charge on any atom is 0.00544 e. The van der Waals surface area contributed by atoms with E-state index < -0.39 is 0 Å². The van der Waals surface area contributed by atoms with Gasteiger partial charge in [0.25, 0.3) is 0 Å². The Labute approximate surface area is 71.5 Å². The fraction of sp³-hybridized carbons (Fsp3) is 1.00. The fourth-order valence-electron chi connectivity index (χ4n) is 1.66. The van der Waals surface area contributed by atoms with Gasteiger partial charge in [0.1, 0.15) is 0 Å². The maximum absolute atomic E-state index is 2.53. The number of halogens is 1. The van der Waals surface area contributed by atoms with Gasteiger partial charge in [-0.1, -0.05) is 36.4 Å². The van der Waals surface area contributed by atoms with Gasteiger partial charge in [0, 0.05) is 4.43 Å². The first kappa shape index (κ1) is 7.83. The zero-order valence-electron chi connectivity index (χ0n) is 6.28. The van der Waals surface area contributed by atoms with E-state index in [1.54, 1.807) is 0 Å². The fourth-order valence-corrected chi connectivity index (χ4v) is 3.33. The molecule has 0 bridgehead atoms. The Balaban J connectivity index is 2.48. The van der Waals surface area contributed by atoms with E-state index >= 15 is 0 Å². The third-order valence-electron chi connectivity index (χ3n) is 3.09. The lowest BCUT2D eigenvalue weighted by atomic mass is 9.61. The van der Waals surface area contributed by atoms with E-state index in [4.69, 9.17) is 0 Å². The molecule has 0 aromatic carbocycles. The van der Waals surface area contributed by atoms with E-state index in [2.05, 4.69) is 36.4 Å². The highest BCUT2D eigenvalue weighted by Gasteiger charge is 2.40. The van der Waals surface area contributed by atoms with Gasteiger partial charge < -0.3 is 0 Å². The molecule has 0 amide bonds. The molecule has 9 heavy (non-hydrogen) atoms. The minimum Gasteiger partial charge on any atom is -0.0858 e. The smallest absolute Gasteiger partial charge is 0.00544 e. The maximum atomic E-state index is 2.53. The number of alkyl halides is 1. The quantitative estimate of drug-likeness (QED) is 0.511. The minimum absolute atomic E-state index is 0.751. The van der Waals surface area contributed by atoms with Gasteiger partial charge in [-0.15, -0.1) is 0 Å². The lowest BCUT2D eigenvalue weighted by Crippen LogP contribution is -2.39. The summed E-state index contributed by atoms with van der Waals surface area (Å²) in [5.41, 5.74) is 0.751. The molecule has 2 unspecified atom stereocenters. The van der Waals surface area contributed by atoms with Crippen LogP contribution in [0.25, 0.3) is 0 Å². The topological polar surface area (TPSA) is 0 Å². The van der Waals surface area contributed by atoms with E-state index in [1.807, 2.05) is 0 Å². The van der Waals surface area contributed by atoms with Gasteiger partial charge >= 0.3 is 0 Å². The highest BCUT2D eigenvalue weighted by atomic mass is 127. The summed E-state index contributed by atoms with van der Waals surface area (Å²) >= 11 is 2.53. The molecule has 0 radical (unpaired) electrons. The molecule has 0 aromatic heterocycles. The van der Waals surface area contributed by atoms with Crippen LogP contribution in [-0.4, -0.2) is 4.43 Å². The third-order valence-corrected chi connectivity index (χ3v) is 4.61. The van der Waals surface area contributed by atoms with Crippen molar-refractivity contribution in [2.45, 2.75) is 33.1 Å². The van der Waals surface area contributed by atoms with Crippen LogP contribution in [0.3, 0.4) is 0 Å². The van der Waals surface area contributed by atoms with Crippen molar-refractivity contribution in [3.8, 4) is 0 Å². The molecule has 0 heterocycles.